The number of benzene rings is 1. The molecule has 6 heteroatoms. The van der Waals surface area contributed by atoms with Gasteiger partial charge in [-0.25, -0.2) is 9.18 Å². The van der Waals surface area contributed by atoms with E-state index in [0.29, 0.717) is 6.41 Å². The number of carbonyl (C=O) groups excluding carboxylic acids is 2. The quantitative estimate of drug-likeness (QED) is 0.630. The minimum atomic E-state index is -1.42. The SMILES string of the molecule is COC(=O)c1cc(F)c(NC=O)c(C(C)(C)O)c1. The Morgan fingerprint density at radius 3 is 2.56 bits per heavy atom. The van der Waals surface area contributed by atoms with E-state index in [9.17, 15) is 19.1 Å². The number of hydrogen-bond donors (Lipinski definition) is 2. The number of carbonyl (C=O) groups is 2. The Morgan fingerprint density at radius 2 is 2.11 bits per heavy atom. The second kappa shape index (κ2) is 5.14. The lowest BCUT2D eigenvalue weighted by Crippen LogP contribution is -2.20. The zero-order chi connectivity index (χ0) is 13.9. The summed E-state index contributed by atoms with van der Waals surface area (Å²) in [5.74, 6) is -1.54. The predicted octanol–water partition coefficient (Wildman–Crippen LogP) is 1.41. The molecule has 0 aromatic heterocycles. The lowest BCUT2D eigenvalue weighted by Gasteiger charge is -2.22. The van der Waals surface area contributed by atoms with Crippen molar-refractivity contribution < 1.29 is 23.8 Å². The van der Waals surface area contributed by atoms with Crippen molar-refractivity contribution in [3.8, 4) is 0 Å². The largest absolute Gasteiger partial charge is 0.465 e. The molecule has 0 heterocycles. The number of amides is 1. The zero-order valence-electron chi connectivity index (χ0n) is 10.3. The fraction of sp³-hybridized carbons (Fsp3) is 0.333. The van der Waals surface area contributed by atoms with Crippen LogP contribution in [0.15, 0.2) is 12.1 Å². The topological polar surface area (TPSA) is 75.6 Å². The second-order valence-corrected chi connectivity index (χ2v) is 4.19. The van der Waals surface area contributed by atoms with E-state index in [1.807, 2.05) is 0 Å². The third-order valence-electron chi connectivity index (χ3n) is 2.37. The molecule has 1 amide bonds. The van der Waals surface area contributed by atoms with Gasteiger partial charge < -0.3 is 15.2 Å². The molecule has 18 heavy (non-hydrogen) atoms. The lowest BCUT2D eigenvalue weighted by molar-refractivity contribution is -0.105. The van der Waals surface area contributed by atoms with Crippen molar-refractivity contribution in [1.82, 2.24) is 0 Å². The summed E-state index contributed by atoms with van der Waals surface area (Å²) < 4.78 is 18.3. The summed E-state index contributed by atoms with van der Waals surface area (Å²) in [6.45, 7) is 2.83. The van der Waals surface area contributed by atoms with Crippen molar-refractivity contribution in [3.05, 3.63) is 29.1 Å². The first-order valence-electron chi connectivity index (χ1n) is 5.16. The third-order valence-corrected chi connectivity index (χ3v) is 2.37. The van der Waals surface area contributed by atoms with Gasteiger partial charge >= 0.3 is 5.97 Å². The fourth-order valence-corrected chi connectivity index (χ4v) is 1.53. The number of rotatable bonds is 4. The molecule has 0 fully saturated rings. The molecule has 98 valence electrons. The van der Waals surface area contributed by atoms with Crippen LogP contribution in [0.3, 0.4) is 0 Å². The minimum absolute atomic E-state index is 0.0384. The summed E-state index contributed by atoms with van der Waals surface area (Å²) in [6.07, 6.45) is 0.297. The van der Waals surface area contributed by atoms with Crippen LogP contribution in [0, 0.1) is 5.82 Å². The van der Waals surface area contributed by atoms with Crippen LogP contribution in [-0.4, -0.2) is 24.6 Å². The van der Waals surface area contributed by atoms with Crippen LogP contribution in [0.25, 0.3) is 0 Å². The van der Waals surface area contributed by atoms with E-state index in [2.05, 4.69) is 10.1 Å². The minimum Gasteiger partial charge on any atom is -0.465 e. The smallest absolute Gasteiger partial charge is 0.337 e. The molecule has 0 saturated heterocycles. The van der Waals surface area contributed by atoms with Crippen molar-refractivity contribution in [3.63, 3.8) is 0 Å². The second-order valence-electron chi connectivity index (χ2n) is 4.19. The number of hydrogen-bond acceptors (Lipinski definition) is 4. The summed E-state index contributed by atoms with van der Waals surface area (Å²) in [4.78, 5) is 21.8. The maximum Gasteiger partial charge on any atom is 0.337 e. The fourth-order valence-electron chi connectivity index (χ4n) is 1.53. The Morgan fingerprint density at radius 1 is 1.50 bits per heavy atom. The normalized spacial score (nSPS) is 10.9. The van der Waals surface area contributed by atoms with Gasteiger partial charge in [0, 0.05) is 5.56 Å². The van der Waals surface area contributed by atoms with Crippen LogP contribution in [0.1, 0.15) is 29.8 Å². The van der Waals surface area contributed by atoms with Gasteiger partial charge in [-0.05, 0) is 26.0 Å². The molecule has 2 N–H and O–H groups in total. The number of ether oxygens (including phenoxy) is 1. The summed E-state index contributed by atoms with van der Waals surface area (Å²) >= 11 is 0. The number of halogens is 1. The van der Waals surface area contributed by atoms with Crippen molar-refractivity contribution in [2.45, 2.75) is 19.4 Å². The van der Waals surface area contributed by atoms with Crippen molar-refractivity contribution in [1.29, 1.82) is 0 Å². The Hall–Kier alpha value is -1.95. The van der Waals surface area contributed by atoms with Crippen molar-refractivity contribution in [2.24, 2.45) is 0 Å². The molecule has 1 rings (SSSR count). The van der Waals surface area contributed by atoms with E-state index < -0.39 is 17.4 Å². The molecule has 0 spiro atoms. The van der Waals surface area contributed by atoms with Crippen molar-refractivity contribution in [2.75, 3.05) is 12.4 Å². The van der Waals surface area contributed by atoms with Gasteiger partial charge in [0.1, 0.15) is 5.82 Å². The maximum atomic E-state index is 13.8. The standard InChI is InChI=1S/C12H14FNO4/c1-12(2,17)8-4-7(11(16)18-3)5-9(13)10(8)14-6-15/h4-6,17H,1-3H3,(H,14,15). The van der Waals surface area contributed by atoms with E-state index in [0.717, 1.165) is 6.07 Å². The van der Waals surface area contributed by atoms with Gasteiger partial charge in [-0.2, -0.15) is 0 Å². The molecule has 0 aliphatic heterocycles. The summed E-state index contributed by atoms with van der Waals surface area (Å²) in [5, 5.41) is 12.1. The molecular formula is C12H14FNO4. The van der Waals surface area contributed by atoms with Crippen LogP contribution >= 0.6 is 0 Å². The lowest BCUT2D eigenvalue weighted by atomic mass is 9.94. The first-order valence-corrected chi connectivity index (χ1v) is 5.16. The van der Waals surface area contributed by atoms with Crippen LogP contribution in [-0.2, 0) is 15.1 Å². The van der Waals surface area contributed by atoms with E-state index in [4.69, 9.17) is 0 Å². The highest BCUT2D eigenvalue weighted by Gasteiger charge is 2.25. The maximum absolute atomic E-state index is 13.8. The molecule has 1 aromatic rings. The molecule has 0 bridgehead atoms. The first kappa shape index (κ1) is 14.1. The van der Waals surface area contributed by atoms with Gasteiger partial charge in [0.15, 0.2) is 0 Å². The average molecular weight is 255 g/mol. The van der Waals surface area contributed by atoms with Gasteiger partial charge in [0.2, 0.25) is 6.41 Å². The highest BCUT2D eigenvalue weighted by atomic mass is 19.1. The van der Waals surface area contributed by atoms with Gasteiger partial charge in [-0.15, -0.1) is 0 Å². The van der Waals surface area contributed by atoms with Crippen LogP contribution in [0.2, 0.25) is 0 Å². The van der Waals surface area contributed by atoms with Crippen LogP contribution in [0.4, 0.5) is 10.1 Å². The highest BCUT2D eigenvalue weighted by molar-refractivity contribution is 5.91. The molecule has 0 aliphatic carbocycles. The number of nitrogens with one attached hydrogen (secondary N) is 1. The Labute approximate surface area is 104 Å². The van der Waals surface area contributed by atoms with Crippen molar-refractivity contribution >= 4 is 18.1 Å². The number of methoxy groups -OCH3 is 1. The summed E-state index contributed by atoms with van der Waals surface area (Å²) in [6, 6.07) is 2.22. The highest BCUT2D eigenvalue weighted by Crippen LogP contribution is 2.31. The molecule has 0 saturated carbocycles. The van der Waals surface area contributed by atoms with E-state index >= 15 is 0 Å². The van der Waals surface area contributed by atoms with E-state index in [1.165, 1.54) is 27.0 Å². The summed E-state index contributed by atoms with van der Waals surface area (Å²) in [5.41, 5.74) is -1.53. The molecule has 0 radical (unpaired) electrons. The predicted molar refractivity (Wildman–Crippen MR) is 62.7 cm³/mol. The first-order chi connectivity index (χ1) is 8.31. The molecule has 0 aliphatic rings. The summed E-state index contributed by atoms with van der Waals surface area (Å²) in [7, 11) is 1.17. The zero-order valence-corrected chi connectivity index (χ0v) is 10.3. The number of aliphatic hydroxyl groups is 1. The Balaban J connectivity index is 3.46. The molecular weight excluding hydrogens is 241 g/mol. The van der Waals surface area contributed by atoms with Crippen LogP contribution in [0.5, 0.6) is 0 Å². The Kier molecular flexibility index (Phi) is 4.03. The molecule has 1 aromatic carbocycles. The molecule has 5 nitrogen and oxygen atoms in total. The Bertz CT molecular complexity index is 480. The van der Waals surface area contributed by atoms with Gasteiger partial charge in [-0.3, -0.25) is 4.79 Å². The van der Waals surface area contributed by atoms with Gasteiger partial charge in [0.05, 0.1) is 24.0 Å². The van der Waals surface area contributed by atoms with E-state index in [-0.39, 0.29) is 16.8 Å². The third kappa shape index (κ3) is 2.84. The van der Waals surface area contributed by atoms with Gasteiger partial charge in [0.25, 0.3) is 0 Å². The molecule has 0 atom stereocenters. The average Bonchev–Trinajstić information content (AvgIpc) is 2.29. The molecule has 0 unspecified atom stereocenters. The monoisotopic (exact) mass is 255 g/mol. The number of anilines is 1. The van der Waals surface area contributed by atoms with E-state index in [1.54, 1.807) is 0 Å². The van der Waals surface area contributed by atoms with Crippen LogP contribution < -0.4 is 5.32 Å². The van der Waals surface area contributed by atoms with Gasteiger partial charge in [-0.1, -0.05) is 0 Å². The number of esters is 1.